The molecule has 6 heteroatoms. The van der Waals surface area contributed by atoms with Crippen molar-refractivity contribution in [1.82, 2.24) is 20.8 Å². The van der Waals surface area contributed by atoms with Crippen molar-refractivity contribution in [2.75, 3.05) is 19.6 Å². The van der Waals surface area contributed by atoms with E-state index in [0.29, 0.717) is 31.2 Å². The minimum Gasteiger partial charge on any atom is -0.356 e. The maximum absolute atomic E-state index is 11.6. The molecule has 6 nitrogen and oxygen atoms in total. The number of nitrogens with one attached hydrogen (secondary N) is 2. The Balaban J connectivity index is 1.54. The van der Waals surface area contributed by atoms with Crippen LogP contribution in [-0.4, -0.2) is 35.7 Å². The lowest BCUT2D eigenvalue weighted by Gasteiger charge is -2.22. The summed E-state index contributed by atoms with van der Waals surface area (Å²) in [6.07, 6.45) is 5.96. The molecule has 0 aliphatic carbocycles. The van der Waals surface area contributed by atoms with E-state index in [1.54, 1.807) is 0 Å². The van der Waals surface area contributed by atoms with Crippen LogP contribution in [0.1, 0.15) is 31.6 Å². The van der Waals surface area contributed by atoms with Gasteiger partial charge in [-0.1, -0.05) is 5.16 Å². The van der Waals surface area contributed by atoms with Crippen LogP contribution >= 0.6 is 0 Å². The highest BCUT2D eigenvalue weighted by Gasteiger charge is 2.14. The Morgan fingerprint density at radius 2 is 2.33 bits per heavy atom. The number of nitrogens with zero attached hydrogens (tertiary/aromatic N) is 2. The minimum absolute atomic E-state index is 0.119. The summed E-state index contributed by atoms with van der Waals surface area (Å²) in [7, 11) is 0. The fourth-order valence-electron chi connectivity index (χ4n) is 2.21. The standard InChI is InChI=1S/C12H20N4O2/c17-11(2-1-10-3-6-13-7-4-10)14-8-5-12-15-9-16-18-12/h9-10,13H,1-8H2,(H,14,17). The second kappa shape index (κ2) is 7.10. The summed E-state index contributed by atoms with van der Waals surface area (Å²) in [5.74, 6) is 1.38. The van der Waals surface area contributed by atoms with E-state index in [-0.39, 0.29) is 5.91 Å². The number of carbonyl (C=O) groups is 1. The van der Waals surface area contributed by atoms with Crippen molar-refractivity contribution in [1.29, 1.82) is 0 Å². The summed E-state index contributed by atoms with van der Waals surface area (Å²) >= 11 is 0. The Hall–Kier alpha value is -1.43. The molecule has 0 radical (unpaired) electrons. The van der Waals surface area contributed by atoms with E-state index < -0.39 is 0 Å². The van der Waals surface area contributed by atoms with Gasteiger partial charge in [0.05, 0.1) is 0 Å². The molecule has 100 valence electrons. The van der Waals surface area contributed by atoms with Crippen LogP contribution in [0.5, 0.6) is 0 Å². The first-order valence-electron chi connectivity index (χ1n) is 6.57. The number of piperidine rings is 1. The van der Waals surface area contributed by atoms with Crippen LogP contribution in [0.2, 0.25) is 0 Å². The molecule has 1 saturated heterocycles. The van der Waals surface area contributed by atoms with Gasteiger partial charge >= 0.3 is 0 Å². The third-order valence-electron chi connectivity index (χ3n) is 3.31. The van der Waals surface area contributed by atoms with E-state index in [2.05, 4.69) is 20.8 Å². The van der Waals surface area contributed by atoms with Gasteiger partial charge in [0, 0.05) is 19.4 Å². The van der Waals surface area contributed by atoms with Crippen molar-refractivity contribution < 1.29 is 9.32 Å². The largest absolute Gasteiger partial charge is 0.356 e. The van der Waals surface area contributed by atoms with Crippen molar-refractivity contribution in [3.8, 4) is 0 Å². The highest BCUT2D eigenvalue weighted by Crippen LogP contribution is 2.17. The topological polar surface area (TPSA) is 80.0 Å². The van der Waals surface area contributed by atoms with Crippen LogP contribution in [0.3, 0.4) is 0 Å². The van der Waals surface area contributed by atoms with E-state index in [0.717, 1.165) is 19.5 Å². The molecule has 2 rings (SSSR count). The van der Waals surface area contributed by atoms with Gasteiger partial charge in [-0.25, -0.2) is 0 Å². The highest BCUT2D eigenvalue weighted by atomic mass is 16.5. The predicted octanol–water partition coefficient (Wildman–Crippen LogP) is 0.508. The van der Waals surface area contributed by atoms with Crippen molar-refractivity contribution in [2.45, 2.75) is 32.1 Å². The summed E-state index contributed by atoms with van der Waals surface area (Å²) in [5, 5.41) is 9.72. The van der Waals surface area contributed by atoms with Gasteiger partial charge in [-0.2, -0.15) is 4.98 Å². The molecule has 1 aromatic heterocycles. The summed E-state index contributed by atoms with van der Waals surface area (Å²) in [6, 6.07) is 0. The first kappa shape index (κ1) is 13.0. The van der Waals surface area contributed by atoms with Gasteiger partial charge in [0.25, 0.3) is 0 Å². The molecule has 2 heterocycles. The van der Waals surface area contributed by atoms with Gasteiger partial charge in [0.1, 0.15) is 0 Å². The van der Waals surface area contributed by atoms with E-state index in [1.807, 2.05) is 0 Å². The zero-order chi connectivity index (χ0) is 12.6. The molecule has 1 amide bonds. The van der Waals surface area contributed by atoms with Crippen molar-refractivity contribution in [2.24, 2.45) is 5.92 Å². The van der Waals surface area contributed by atoms with Crippen LogP contribution < -0.4 is 10.6 Å². The summed E-state index contributed by atoms with van der Waals surface area (Å²) < 4.78 is 4.85. The van der Waals surface area contributed by atoms with E-state index in [4.69, 9.17) is 4.52 Å². The van der Waals surface area contributed by atoms with Gasteiger partial charge in [-0.15, -0.1) is 0 Å². The lowest BCUT2D eigenvalue weighted by atomic mass is 9.93. The number of carbonyl (C=O) groups excluding carboxylic acids is 1. The predicted molar refractivity (Wildman–Crippen MR) is 65.8 cm³/mol. The highest BCUT2D eigenvalue weighted by molar-refractivity contribution is 5.75. The molecule has 0 aromatic carbocycles. The summed E-state index contributed by atoms with van der Waals surface area (Å²) in [5.41, 5.74) is 0. The second-order valence-electron chi connectivity index (χ2n) is 4.67. The molecule has 1 fully saturated rings. The average Bonchev–Trinajstić information content (AvgIpc) is 2.91. The second-order valence-corrected chi connectivity index (χ2v) is 4.67. The van der Waals surface area contributed by atoms with Gasteiger partial charge in [-0.3, -0.25) is 4.79 Å². The van der Waals surface area contributed by atoms with Gasteiger partial charge in [0.15, 0.2) is 6.33 Å². The first-order chi connectivity index (χ1) is 8.84. The van der Waals surface area contributed by atoms with Crippen LogP contribution in [0, 0.1) is 5.92 Å². The number of amides is 1. The fraction of sp³-hybridized carbons (Fsp3) is 0.750. The molecule has 0 bridgehead atoms. The lowest BCUT2D eigenvalue weighted by Crippen LogP contribution is -2.30. The Labute approximate surface area is 107 Å². The normalized spacial score (nSPS) is 16.7. The van der Waals surface area contributed by atoms with Gasteiger partial charge in [-0.05, 0) is 38.3 Å². The van der Waals surface area contributed by atoms with Crippen molar-refractivity contribution >= 4 is 5.91 Å². The molecule has 1 aliphatic rings. The molecule has 0 unspecified atom stereocenters. The smallest absolute Gasteiger partial charge is 0.228 e. The quantitative estimate of drug-likeness (QED) is 0.771. The first-order valence-corrected chi connectivity index (χ1v) is 6.57. The van der Waals surface area contributed by atoms with Crippen LogP contribution in [-0.2, 0) is 11.2 Å². The maximum Gasteiger partial charge on any atom is 0.228 e. The third kappa shape index (κ3) is 4.44. The van der Waals surface area contributed by atoms with Crippen LogP contribution in [0.4, 0.5) is 0 Å². The summed E-state index contributed by atoms with van der Waals surface area (Å²) in [4.78, 5) is 15.5. The maximum atomic E-state index is 11.6. The number of aromatic nitrogens is 2. The number of rotatable bonds is 6. The average molecular weight is 252 g/mol. The third-order valence-corrected chi connectivity index (χ3v) is 3.31. The number of hydrogen-bond donors (Lipinski definition) is 2. The molecule has 1 aliphatic heterocycles. The molecule has 1 aromatic rings. The Bertz CT molecular complexity index is 347. The fourth-order valence-corrected chi connectivity index (χ4v) is 2.21. The van der Waals surface area contributed by atoms with Crippen molar-refractivity contribution in [3.63, 3.8) is 0 Å². The zero-order valence-electron chi connectivity index (χ0n) is 10.5. The Kier molecular flexibility index (Phi) is 5.14. The Morgan fingerprint density at radius 1 is 1.50 bits per heavy atom. The SMILES string of the molecule is O=C(CCC1CCNCC1)NCCc1ncno1. The molecule has 0 atom stereocenters. The molecule has 2 N–H and O–H groups in total. The molecule has 0 saturated carbocycles. The van der Waals surface area contributed by atoms with Crippen molar-refractivity contribution in [3.05, 3.63) is 12.2 Å². The van der Waals surface area contributed by atoms with Crippen LogP contribution in [0.25, 0.3) is 0 Å². The Morgan fingerprint density at radius 3 is 3.06 bits per heavy atom. The monoisotopic (exact) mass is 252 g/mol. The number of hydrogen-bond acceptors (Lipinski definition) is 5. The zero-order valence-corrected chi connectivity index (χ0v) is 10.5. The lowest BCUT2D eigenvalue weighted by molar-refractivity contribution is -0.121. The minimum atomic E-state index is 0.119. The summed E-state index contributed by atoms with van der Waals surface area (Å²) in [6.45, 7) is 2.74. The van der Waals surface area contributed by atoms with E-state index >= 15 is 0 Å². The van der Waals surface area contributed by atoms with E-state index in [1.165, 1.54) is 19.2 Å². The molecular formula is C12H20N4O2. The van der Waals surface area contributed by atoms with Crippen LogP contribution in [0.15, 0.2) is 10.9 Å². The van der Waals surface area contributed by atoms with Gasteiger partial charge < -0.3 is 15.2 Å². The van der Waals surface area contributed by atoms with Gasteiger partial charge in [0.2, 0.25) is 11.8 Å². The molecule has 18 heavy (non-hydrogen) atoms. The molecule has 0 spiro atoms. The van der Waals surface area contributed by atoms with E-state index in [9.17, 15) is 4.79 Å². The molecular weight excluding hydrogens is 232 g/mol.